The molecule has 0 saturated carbocycles. The summed E-state index contributed by atoms with van der Waals surface area (Å²) in [5.41, 5.74) is 3.03. The first-order chi connectivity index (χ1) is 7.16. The van der Waals surface area contributed by atoms with Gasteiger partial charge in [-0.05, 0) is 17.7 Å². The Balaban J connectivity index is 2.27. The molecule has 15 heavy (non-hydrogen) atoms. The van der Waals surface area contributed by atoms with Gasteiger partial charge in [-0.25, -0.2) is 4.98 Å². The standard InChI is InChI=1S/C10H11N3OS/c1-13-6-12-8-4-7(2-3-9(8)13)5-11-10(14)15/h2-4,6H,5H2,1H3,(H2,11,14,15). The number of benzene rings is 1. The second-order valence-electron chi connectivity index (χ2n) is 3.34. The molecule has 78 valence electrons. The lowest BCUT2D eigenvalue weighted by Crippen LogP contribution is -2.15. The number of nitrogens with one attached hydrogen (secondary N) is 1. The Kier molecular flexibility index (Phi) is 2.64. The van der Waals surface area contributed by atoms with E-state index in [-0.39, 0.29) is 5.24 Å². The van der Waals surface area contributed by atoms with Crippen LogP contribution in [0.2, 0.25) is 0 Å². The molecular formula is C10H11N3OS. The Morgan fingerprint density at radius 3 is 3.13 bits per heavy atom. The summed E-state index contributed by atoms with van der Waals surface area (Å²) in [6, 6.07) is 5.91. The van der Waals surface area contributed by atoms with Crippen molar-refractivity contribution in [1.29, 1.82) is 0 Å². The molecule has 0 spiro atoms. The quantitative estimate of drug-likeness (QED) is 0.758. The molecule has 0 aliphatic carbocycles. The SMILES string of the molecule is Cn1cnc2cc(CNC(=O)S)ccc21. The molecule has 2 rings (SSSR count). The molecule has 4 nitrogen and oxygen atoms in total. The minimum Gasteiger partial charge on any atom is -0.343 e. The van der Waals surface area contributed by atoms with Crippen LogP contribution in [0.15, 0.2) is 24.5 Å². The molecule has 0 aliphatic rings. The summed E-state index contributed by atoms with van der Waals surface area (Å²) >= 11 is 3.64. The van der Waals surface area contributed by atoms with Crippen molar-refractivity contribution in [3.63, 3.8) is 0 Å². The highest BCUT2D eigenvalue weighted by Gasteiger charge is 2.01. The van der Waals surface area contributed by atoms with E-state index in [9.17, 15) is 4.79 Å². The second kappa shape index (κ2) is 3.94. The fraction of sp³-hybridized carbons (Fsp3) is 0.200. The van der Waals surface area contributed by atoms with E-state index < -0.39 is 0 Å². The molecule has 0 radical (unpaired) electrons. The summed E-state index contributed by atoms with van der Waals surface area (Å²) in [5, 5.41) is 2.30. The van der Waals surface area contributed by atoms with Crippen LogP contribution in [0.4, 0.5) is 4.79 Å². The van der Waals surface area contributed by atoms with Crippen molar-refractivity contribution in [2.24, 2.45) is 7.05 Å². The number of imidazole rings is 1. The molecular weight excluding hydrogens is 210 g/mol. The number of aryl methyl sites for hydroxylation is 1. The number of rotatable bonds is 2. The number of carbonyl (C=O) groups excluding carboxylic acids is 1. The van der Waals surface area contributed by atoms with Gasteiger partial charge in [0.15, 0.2) is 0 Å². The van der Waals surface area contributed by atoms with Crippen LogP contribution in [0.25, 0.3) is 11.0 Å². The highest BCUT2D eigenvalue weighted by Crippen LogP contribution is 2.13. The third-order valence-electron chi connectivity index (χ3n) is 2.23. The van der Waals surface area contributed by atoms with Gasteiger partial charge in [-0.2, -0.15) is 0 Å². The van der Waals surface area contributed by atoms with Crippen molar-refractivity contribution < 1.29 is 4.79 Å². The summed E-state index contributed by atoms with van der Waals surface area (Å²) in [7, 11) is 1.95. The summed E-state index contributed by atoms with van der Waals surface area (Å²) in [6.07, 6.45) is 1.77. The molecule has 1 heterocycles. The van der Waals surface area contributed by atoms with Crippen LogP contribution in [0.5, 0.6) is 0 Å². The van der Waals surface area contributed by atoms with Crippen LogP contribution >= 0.6 is 12.6 Å². The molecule has 0 atom stereocenters. The average molecular weight is 221 g/mol. The lowest BCUT2D eigenvalue weighted by molar-refractivity contribution is 0.260. The zero-order valence-corrected chi connectivity index (χ0v) is 9.16. The Labute approximate surface area is 92.7 Å². The van der Waals surface area contributed by atoms with Crippen LogP contribution in [-0.4, -0.2) is 14.8 Å². The molecule has 0 unspecified atom stereocenters. The summed E-state index contributed by atoms with van der Waals surface area (Å²) < 4.78 is 1.95. The molecule has 1 amide bonds. The molecule has 0 bridgehead atoms. The van der Waals surface area contributed by atoms with Gasteiger partial charge in [0.05, 0.1) is 17.4 Å². The molecule has 2 aromatic rings. The van der Waals surface area contributed by atoms with Gasteiger partial charge in [0.25, 0.3) is 5.24 Å². The maximum Gasteiger partial charge on any atom is 0.276 e. The van der Waals surface area contributed by atoms with Gasteiger partial charge < -0.3 is 9.88 Å². The van der Waals surface area contributed by atoms with Gasteiger partial charge in [0.2, 0.25) is 0 Å². The van der Waals surface area contributed by atoms with Crippen molar-refractivity contribution in [3.8, 4) is 0 Å². The lowest BCUT2D eigenvalue weighted by atomic mass is 10.2. The van der Waals surface area contributed by atoms with Crippen LogP contribution in [0, 0.1) is 0 Å². The number of hydrogen-bond donors (Lipinski definition) is 2. The Bertz CT molecular complexity index is 506. The van der Waals surface area contributed by atoms with E-state index in [2.05, 4.69) is 22.9 Å². The van der Waals surface area contributed by atoms with Crippen molar-refractivity contribution >= 4 is 28.9 Å². The van der Waals surface area contributed by atoms with Crippen molar-refractivity contribution in [3.05, 3.63) is 30.1 Å². The summed E-state index contributed by atoms with van der Waals surface area (Å²) in [4.78, 5) is 14.9. The molecule has 0 fully saturated rings. The van der Waals surface area contributed by atoms with Gasteiger partial charge in [-0.1, -0.05) is 18.7 Å². The fourth-order valence-electron chi connectivity index (χ4n) is 1.47. The summed E-state index contributed by atoms with van der Waals surface area (Å²) in [6.45, 7) is 0.481. The van der Waals surface area contributed by atoms with E-state index in [0.29, 0.717) is 6.54 Å². The van der Waals surface area contributed by atoms with Crippen LogP contribution in [-0.2, 0) is 13.6 Å². The van der Waals surface area contributed by atoms with E-state index in [1.54, 1.807) is 6.33 Å². The van der Waals surface area contributed by atoms with Gasteiger partial charge in [0.1, 0.15) is 0 Å². The van der Waals surface area contributed by atoms with E-state index >= 15 is 0 Å². The highest BCUT2D eigenvalue weighted by molar-refractivity contribution is 7.96. The maximum atomic E-state index is 10.6. The van der Waals surface area contributed by atoms with Gasteiger partial charge in [-0.15, -0.1) is 0 Å². The second-order valence-corrected chi connectivity index (χ2v) is 3.74. The number of aromatic nitrogens is 2. The Hall–Kier alpha value is -1.49. The average Bonchev–Trinajstić information content (AvgIpc) is 2.57. The van der Waals surface area contributed by atoms with Crippen molar-refractivity contribution in [2.75, 3.05) is 0 Å². The predicted octanol–water partition coefficient (Wildman–Crippen LogP) is 1.71. The third-order valence-corrected chi connectivity index (χ3v) is 2.39. The zero-order chi connectivity index (χ0) is 10.8. The first-order valence-corrected chi connectivity index (χ1v) is 4.98. The van der Waals surface area contributed by atoms with Gasteiger partial charge in [0, 0.05) is 13.6 Å². The van der Waals surface area contributed by atoms with Gasteiger partial charge >= 0.3 is 0 Å². The van der Waals surface area contributed by atoms with E-state index in [1.165, 1.54) is 0 Å². The first-order valence-electron chi connectivity index (χ1n) is 4.53. The molecule has 1 aromatic carbocycles. The van der Waals surface area contributed by atoms with Crippen molar-refractivity contribution in [1.82, 2.24) is 14.9 Å². The molecule has 1 N–H and O–H groups in total. The molecule has 0 saturated heterocycles. The van der Waals surface area contributed by atoms with Crippen LogP contribution in [0.3, 0.4) is 0 Å². The summed E-state index contributed by atoms with van der Waals surface area (Å²) in [5.74, 6) is 0. The molecule has 1 aromatic heterocycles. The normalized spacial score (nSPS) is 10.5. The molecule has 5 heteroatoms. The number of amides is 1. The number of thiol groups is 1. The monoisotopic (exact) mass is 221 g/mol. The van der Waals surface area contributed by atoms with Crippen LogP contribution < -0.4 is 5.32 Å². The number of carbonyl (C=O) groups is 1. The van der Waals surface area contributed by atoms with Gasteiger partial charge in [-0.3, -0.25) is 4.79 Å². The lowest BCUT2D eigenvalue weighted by Gasteiger charge is -2.02. The fourth-order valence-corrected chi connectivity index (χ4v) is 1.55. The zero-order valence-electron chi connectivity index (χ0n) is 8.27. The van der Waals surface area contributed by atoms with E-state index in [4.69, 9.17) is 0 Å². The highest BCUT2D eigenvalue weighted by atomic mass is 32.1. The topological polar surface area (TPSA) is 46.9 Å². The first kappa shape index (κ1) is 10.0. The number of nitrogens with zero attached hydrogens (tertiary/aromatic N) is 2. The van der Waals surface area contributed by atoms with E-state index in [1.807, 2.05) is 29.8 Å². The largest absolute Gasteiger partial charge is 0.343 e. The predicted molar refractivity (Wildman–Crippen MR) is 61.9 cm³/mol. The van der Waals surface area contributed by atoms with Crippen LogP contribution in [0.1, 0.15) is 5.56 Å². The Morgan fingerprint density at radius 2 is 2.40 bits per heavy atom. The number of hydrogen-bond acceptors (Lipinski definition) is 2. The third kappa shape index (κ3) is 2.12. The smallest absolute Gasteiger partial charge is 0.276 e. The van der Waals surface area contributed by atoms with Crippen molar-refractivity contribution in [2.45, 2.75) is 6.54 Å². The number of fused-ring (bicyclic) bond motifs is 1. The minimum atomic E-state index is -0.323. The minimum absolute atomic E-state index is 0.323. The Morgan fingerprint density at radius 1 is 1.60 bits per heavy atom. The van der Waals surface area contributed by atoms with E-state index in [0.717, 1.165) is 16.6 Å². The maximum absolute atomic E-state index is 10.6. The molecule has 0 aliphatic heterocycles.